The minimum Gasteiger partial charge on any atom is -0.394 e. The summed E-state index contributed by atoms with van der Waals surface area (Å²) in [5.74, 6) is -0.785. The van der Waals surface area contributed by atoms with Gasteiger partial charge >= 0.3 is 0 Å². The third-order valence-corrected chi connectivity index (χ3v) is 5.21. The van der Waals surface area contributed by atoms with Crippen LogP contribution in [0.15, 0.2) is 43.0 Å². The van der Waals surface area contributed by atoms with Gasteiger partial charge in [0.05, 0.1) is 12.9 Å². The maximum Gasteiger partial charge on any atom is 0.256 e. The fraction of sp³-hybridized carbons (Fsp3) is 0.400. The molecule has 156 valence electrons. The molecule has 2 N–H and O–H groups in total. The molecule has 1 amide bonds. The van der Waals surface area contributed by atoms with Crippen molar-refractivity contribution in [2.45, 2.75) is 44.2 Å². The van der Waals surface area contributed by atoms with E-state index in [1.54, 1.807) is 35.2 Å². The smallest absolute Gasteiger partial charge is 0.256 e. The predicted octanol–water partition coefficient (Wildman–Crippen LogP) is 1.49. The molecule has 2 aromatic heterocycles. The summed E-state index contributed by atoms with van der Waals surface area (Å²) in [7, 11) is 0. The van der Waals surface area contributed by atoms with Crippen LogP contribution in [0.25, 0.3) is 11.2 Å². The van der Waals surface area contributed by atoms with Crippen LogP contribution in [-0.4, -0.2) is 61.2 Å². The lowest BCUT2D eigenvalue weighted by molar-refractivity contribution is -0.199. The van der Waals surface area contributed by atoms with Crippen molar-refractivity contribution in [2.24, 2.45) is 0 Å². The Balaban J connectivity index is 1.47. The van der Waals surface area contributed by atoms with Gasteiger partial charge in [-0.05, 0) is 26.0 Å². The molecule has 0 aliphatic carbocycles. The molecule has 2 aliphatic rings. The Kier molecular flexibility index (Phi) is 4.51. The number of aromatic nitrogens is 4. The SMILES string of the molecule is CC1(C)OC2[C@@H](CO)O[C@@H](n3cnc4c(NC(=O)c5ccccc5)ncnc43)[C@H]2O1. The molecule has 30 heavy (non-hydrogen) atoms. The van der Waals surface area contributed by atoms with E-state index in [1.807, 2.05) is 19.9 Å². The van der Waals surface area contributed by atoms with Crippen LogP contribution < -0.4 is 5.32 Å². The summed E-state index contributed by atoms with van der Waals surface area (Å²) in [6, 6.07) is 8.84. The molecule has 1 aromatic carbocycles. The van der Waals surface area contributed by atoms with Crippen molar-refractivity contribution in [3.63, 3.8) is 0 Å². The van der Waals surface area contributed by atoms with Crippen LogP contribution in [0.2, 0.25) is 0 Å². The number of nitrogens with one attached hydrogen (secondary N) is 1. The number of imidazole rings is 1. The average Bonchev–Trinajstić information content (AvgIpc) is 3.39. The zero-order valence-electron chi connectivity index (χ0n) is 16.4. The Labute approximate surface area is 171 Å². The molecule has 0 radical (unpaired) electrons. The van der Waals surface area contributed by atoms with Gasteiger partial charge in [-0.15, -0.1) is 0 Å². The first-order valence-electron chi connectivity index (χ1n) is 9.63. The number of aliphatic hydroxyl groups excluding tert-OH is 1. The van der Waals surface area contributed by atoms with Gasteiger partial charge in [0.2, 0.25) is 0 Å². The Morgan fingerprint density at radius 1 is 1.17 bits per heavy atom. The number of hydrogen-bond acceptors (Lipinski definition) is 8. The lowest BCUT2D eigenvalue weighted by Gasteiger charge is -2.24. The van der Waals surface area contributed by atoms with E-state index in [0.717, 1.165) is 0 Å². The molecule has 0 bridgehead atoms. The maximum absolute atomic E-state index is 12.5. The van der Waals surface area contributed by atoms with Crippen molar-refractivity contribution >= 4 is 22.9 Å². The van der Waals surface area contributed by atoms with Crippen LogP contribution in [0.5, 0.6) is 0 Å². The van der Waals surface area contributed by atoms with Gasteiger partial charge in [0, 0.05) is 5.56 Å². The van der Waals surface area contributed by atoms with Crippen molar-refractivity contribution in [3.8, 4) is 0 Å². The van der Waals surface area contributed by atoms with Crippen molar-refractivity contribution < 1.29 is 24.1 Å². The average molecular weight is 411 g/mol. The number of carbonyl (C=O) groups excluding carboxylic acids is 1. The summed E-state index contributed by atoms with van der Waals surface area (Å²) in [5.41, 5.74) is 1.41. The highest BCUT2D eigenvalue weighted by Crippen LogP contribution is 2.43. The second kappa shape index (κ2) is 7.10. The van der Waals surface area contributed by atoms with E-state index in [9.17, 15) is 9.90 Å². The Morgan fingerprint density at radius 2 is 1.93 bits per heavy atom. The quantitative estimate of drug-likeness (QED) is 0.662. The van der Waals surface area contributed by atoms with E-state index in [2.05, 4.69) is 20.3 Å². The third-order valence-electron chi connectivity index (χ3n) is 5.21. The fourth-order valence-corrected chi connectivity index (χ4v) is 3.93. The summed E-state index contributed by atoms with van der Waals surface area (Å²) in [4.78, 5) is 25.4. The highest BCUT2D eigenvalue weighted by atomic mass is 16.8. The van der Waals surface area contributed by atoms with Crippen molar-refractivity contribution in [2.75, 3.05) is 11.9 Å². The number of rotatable bonds is 4. The maximum atomic E-state index is 12.5. The molecule has 1 unspecified atom stereocenters. The van der Waals surface area contributed by atoms with E-state index >= 15 is 0 Å². The lowest BCUT2D eigenvalue weighted by atomic mass is 10.1. The largest absolute Gasteiger partial charge is 0.394 e. The molecule has 10 heteroatoms. The number of benzene rings is 1. The standard InChI is InChI=1S/C20H21N5O5/c1-20(2)29-14-12(8-26)28-19(15(14)30-20)25-10-23-13-16(21-9-22-17(13)25)24-18(27)11-6-4-3-5-7-11/h3-7,9-10,12,14-15,19,26H,8H2,1-2H3,(H,21,22,24,27)/t12-,14?,15+,19-/m1/s1. The number of amides is 1. The van der Waals surface area contributed by atoms with E-state index < -0.39 is 30.3 Å². The zero-order valence-corrected chi connectivity index (χ0v) is 16.4. The molecular formula is C20H21N5O5. The number of ether oxygens (including phenoxy) is 3. The van der Waals surface area contributed by atoms with Crippen molar-refractivity contribution in [1.82, 2.24) is 19.5 Å². The summed E-state index contributed by atoms with van der Waals surface area (Å²) >= 11 is 0. The summed E-state index contributed by atoms with van der Waals surface area (Å²) in [6.07, 6.45) is 0.948. The summed E-state index contributed by atoms with van der Waals surface area (Å²) in [5, 5.41) is 12.5. The molecule has 10 nitrogen and oxygen atoms in total. The summed E-state index contributed by atoms with van der Waals surface area (Å²) in [6.45, 7) is 3.45. The first-order valence-corrected chi connectivity index (χ1v) is 9.63. The minimum absolute atomic E-state index is 0.197. The number of aliphatic hydroxyl groups is 1. The Bertz CT molecular complexity index is 1090. The van der Waals surface area contributed by atoms with Gasteiger partial charge in [-0.3, -0.25) is 9.36 Å². The topological polar surface area (TPSA) is 121 Å². The van der Waals surface area contributed by atoms with E-state index in [0.29, 0.717) is 22.5 Å². The normalized spacial score (nSPS) is 27.3. The highest BCUT2D eigenvalue weighted by molar-refractivity contribution is 6.06. The van der Waals surface area contributed by atoms with Gasteiger partial charge in [-0.1, -0.05) is 18.2 Å². The van der Waals surface area contributed by atoms with Gasteiger partial charge in [0.25, 0.3) is 5.91 Å². The molecule has 2 aliphatic heterocycles. The van der Waals surface area contributed by atoms with Crippen LogP contribution in [-0.2, 0) is 14.2 Å². The number of fused-ring (bicyclic) bond motifs is 2. The Morgan fingerprint density at radius 3 is 2.70 bits per heavy atom. The number of carbonyl (C=O) groups is 1. The first-order chi connectivity index (χ1) is 14.5. The minimum atomic E-state index is -0.787. The van der Waals surface area contributed by atoms with Crippen molar-refractivity contribution in [3.05, 3.63) is 48.5 Å². The second-order valence-electron chi connectivity index (χ2n) is 7.68. The summed E-state index contributed by atoms with van der Waals surface area (Å²) < 4.78 is 19.6. The van der Waals surface area contributed by atoms with E-state index in [1.165, 1.54) is 6.33 Å². The first kappa shape index (κ1) is 19.1. The van der Waals surface area contributed by atoms with Crippen LogP contribution in [0.1, 0.15) is 30.4 Å². The fourth-order valence-electron chi connectivity index (χ4n) is 3.93. The molecule has 3 aromatic rings. The number of anilines is 1. The molecule has 4 atom stereocenters. The number of nitrogens with zero attached hydrogens (tertiary/aromatic N) is 4. The monoisotopic (exact) mass is 411 g/mol. The van der Waals surface area contributed by atoms with E-state index in [4.69, 9.17) is 14.2 Å². The zero-order chi connectivity index (χ0) is 20.9. The molecule has 4 heterocycles. The third kappa shape index (κ3) is 3.14. The van der Waals surface area contributed by atoms with Crippen LogP contribution in [0, 0.1) is 0 Å². The molecule has 0 spiro atoms. The van der Waals surface area contributed by atoms with Gasteiger partial charge in [-0.25, -0.2) is 15.0 Å². The van der Waals surface area contributed by atoms with Gasteiger partial charge in [0.15, 0.2) is 29.0 Å². The van der Waals surface area contributed by atoms with Crippen LogP contribution in [0.4, 0.5) is 5.82 Å². The van der Waals surface area contributed by atoms with Crippen molar-refractivity contribution in [1.29, 1.82) is 0 Å². The highest BCUT2D eigenvalue weighted by Gasteiger charge is 2.56. The van der Waals surface area contributed by atoms with Gasteiger partial charge < -0.3 is 24.6 Å². The molecular weight excluding hydrogens is 390 g/mol. The number of hydrogen-bond donors (Lipinski definition) is 2. The van der Waals surface area contributed by atoms with Crippen LogP contribution >= 0.6 is 0 Å². The van der Waals surface area contributed by atoms with E-state index in [-0.39, 0.29) is 12.5 Å². The predicted molar refractivity (Wildman–Crippen MR) is 105 cm³/mol. The molecule has 5 rings (SSSR count). The second-order valence-corrected chi connectivity index (χ2v) is 7.68. The lowest BCUT2D eigenvalue weighted by Crippen LogP contribution is -2.31. The molecule has 0 saturated carbocycles. The van der Waals surface area contributed by atoms with Gasteiger partial charge in [-0.2, -0.15) is 0 Å². The molecule has 2 fully saturated rings. The molecule has 2 saturated heterocycles. The Hall–Kier alpha value is -2.92. The van der Waals surface area contributed by atoms with Crippen LogP contribution in [0.3, 0.4) is 0 Å². The van der Waals surface area contributed by atoms with Gasteiger partial charge in [0.1, 0.15) is 24.6 Å².